The predicted molar refractivity (Wildman–Crippen MR) is 80.9 cm³/mol. The highest BCUT2D eigenvalue weighted by atomic mass is 32.1. The Balaban J connectivity index is 1.80. The maximum atomic E-state index is 5.39. The summed E-state index contributed by atoms with van der Waals surface area (Å²) in [6.07, 6.45) is 3.51. The molecule has 4 rings (SSSR count). The Kier molecular flexibility index (Phi) is 2.61. The van der Waals surface area contributed by atoms with Gasteiger partial charge in [0.05, 0.1) is 18.2 Å². The van der Waals surface area contributed by atoms with Crippen LogP contribution < -0.4 is 4.90 Å². The van der Waals surface area contributed by atoms with Gasteiger partial charge in [0, 0.05) is 24.1 Å². The van der Waals surface area contributed by atoms with Crippen molar-refractivity contribution in [3.05, 3.63) is 41.4 Å². The van der Waals surface area contributed by atoms with Crippen molar-refractivity contribution in [1.82, 2.24) is 14.6 Å². The highest BCUT2D eigenvalue weighted by molar-refractivity contribution is 7.20. The average Bonchev–Trinajstić information content (AvgIpc) is 3.20. The Labute approximate surface area is 122 Å². The molecule has 0 unspecified atom stereocenters. The number of hydrogen-bond donors (Lipinski definition) is 0. The van der Waals surface area contributed by atoms with Crippen molar-refractivity contribution >= 4 is 38.7 Å². The number of rotatable bonds is 3. The topological polar surface area (TPSA) is 46.6 Å². The minimum absolute atomic E-state index is 0.763. The van der Waals surface area contributed by atoms with E-state index in [1.165, 1.54) is 11.3 Å². The summed E-state index contributed by atoms with van der Waals surface area (Å²) in [5.74, 6) is 0.763. The van der Waals surface area contributed by atoms with Crippen molar-refractivity contribution in [3.63, 3.8) is 0 Å². The molecular formula is C13H10N4OS2. The van der Waals surface area contributed by atoms with Crippen molar-refractivity contribution in [2.45, 2.75) is 0 Å². The second-order valence-corrected chi connectivity index (χ2v) is 5.96. The van der Waals surface area contributed by atoms with Crippen LogP contribution in [0.2, 0.25) is 0 Å². The van der Waals surface area contributed by atoms with Gasteiger partial charge < -0.3 is 4.42 Å². The number of furan rings is 1. The lowest BCUT2D eigenvalue weighted by Gasteiger charge is -2.10. The number of thiophene rings is 1. The molecule has 4 aromatic heterocycles. The molecule has 0 atom stereocenters. The molecule has 0 spiro atoms. The quantitative estimate of drug-likeness (QED) is 0.576. The zero-order chi connectivity index (χ0) is 13.5. The molecule has 0 bridgehead atoms. The van der Waals surface area contributed by atoms with Crippen LogP contribution in [-0.2, 0) is 0 Å². The predicted octanol–water partition coefficient (Wildman–Crippen LogP) is 3.88. The summed E-state index contributed by atoms with van der Waals surface area (Å²) in [5, 5.41) is 9.62. The van der Waals surface area contributed by atoms with Crippen molar-refractivity contribution in [3.8, 4) is 11.3 Å². The van der Waals surface area contributed by atoms with Crippen LogP contribution in [0.1, 0.15) is 0 Å². The number of fused-ring (bicyclic) bond motifs is 1. The number of aromatic nitrogens is 3. The SMILES string of the molecule is CN(c1ccco1)c1nn2c(-c3ccsc3)cnc2s1. The van der Waals surface area contributed by atoms with Gasteiger partial charge in [0.25, 0.3) is 0 Å². The van der Waals surface area contributed by atoms with E-state index in [1.807, 2.05) is 34.8 Å². The molecule has 0 aliphatic heterocycles. The van der Waals surface area contributed by atoms with E-state index in [0.717, 1.165) is 27.2 Å². The number of nitrogens with zero attached hydrogens (tertiary/aromatic N) is 4. The molecule has 5 nitrogen and oxygen atoms in total. The zero-order valence-corrected chi connectivity index (χ0v) is 12.2. The molecule has 20 heavy (non-hydrogen) atoms. The average molecular weight is 302 g/mol. The number of hydrogen-bond acceptors (Lipinski definition) is 6. The first-order valence-corrected chi connectivity index (χ1v) is 7.73. The normalized spacial score (nSPS) is 11.2. The van der Waals surface area contributed by atoms with Crippen LogP contribution in [0.3, 0.4) is 0 Å². The summed E-state index contributed by atoms with van der Waals surface area (Å²) in [4.78, 5) is 7.21. The first-order chi connectivity index (χ1) is 9.83. The van der Waals surface area contributed by atoms with Crippen molar-refractivity contribution < 1.29 is 4.42 Å². The second kappa shape index (κ2) is 4.46. The lowest BCUT2D eigenvalue weighted by Crippen LogP contribution is -2.08. The monoisotopic (exact) mass is 302 g/mol. The highest BCUT2D eigenvalue weighted by Gasteiger charge is 2.16. The zero-order valence-electron chi connectivity index (χ0n) is 10.6. The van der Waals surface area contributed by atoms with Crippen LogP contribution in [0.5, 0.6) is 0 Å². The molecule has 0 radical (unpaired) electrons. The van der Waals surface area contributed by atoms with E-state index in [4.69, 9.17) is 4.42 Å². The first-order valence-electron chi connectivity index (χ1n) is 5.97. The maximum Gasteiger partial charge on any atom is 0.214 e. The molecule has 4 heterocycles. The third-order valence-corrected chi connectivity index (χ3v) is 4.70. The summed E-state index contributed by atoms with van der Waals surface area (Å²) >= 11 is 3.20. The fourth-order valence-electron chi connectivity index (χ4n) is 1.98. The smallest absolute Gasteiger partial charge is 0.214 e. The standard InChI is InChI=1S/C13H10N4OS2/c1-16(11-3-2-5-18-11)13-15-17-10(7-14-12(17)20-13)9-4-6-19-8-9/h2-8H,1H3. The molecule has 4 aromatic rings. The van der Waals surface area contributed by atoms with Crippen LogP contribution in [-0.4, -0.2) is 21.6 Å². The van der Waals surface area contributed by atoms with Crippen molar-refractivity contribution in [1.29, 1.82) is 0 Å². The Bertz CT molecular complexity index is 829. The lowest BCUT2D eigenvalue weighted by molar-refractivity contribution is 0.569. The Morgan fingerprint density at radius 3 is 3.05 bits per heavy atom. The molecule has 0 N–H and O–H groups in total. The molecule has 0 amide bonds. The maximum absolute atomic E-state index is 5.39. The summed E-state index contributed by atoms with van der Waals surface area (Å²) in [7, 11) is 1.93. The van der Waals surface area contributed by atoms with Gasteiger partial charge in [-0.15, -0.1) is 5.10 Å². The summed E-state index contributed by atoms with van der Waals surface area (Å²) in [6, 6.07) is 5.84. The minimum atomic E-state index is 0.763. The number of imidazole rings is 1. The molecule has 0 aromatic carbocycles. The van der Waals surface area contributed by atoms with Gasteiger partial charge >= 0.3 is 0 Å². The van der Waals surface area contributed by atoms with Crippen LogP contribution >= 0.6 is 22.7 Å². The van der Waals surface area contributed by atoms with Gasteiger partial charge in [-0.1, -0.05) is 11.3 Å². The van der Waals surface area contributed by atoms with Crippen LogP contribution in [0.25, 0.3) is 16.2 Å². The van der Waals surface area contributed by atoms with Crippen LogP contribution in [0, 0.1) is 0 Å². The lowest BCUT2D eigenvalue weighted by atomic mass is 10.3. The van der Waals surface area contributed by atoms with E-state index in [0.29, 0.717) is 0 Å². The third kappa shape index (κ3) is 1.75. The van der Waals surface area contributed by atoms with Gasteiger partial charge in [0.1, 0.15) is 0 Å². The minimum Gasteiger partial charge on any atom is -0.448 e. The molecule has 0 aliphatic carbocycles. The van der Waals surface area contributed by atoms with Gasteiger partial charge in [-0.2, -0.15) is 11.3 Å². The Hall–Kier alpha value is -2.12. The van der Waals surface area contributed by atoms with E-state index < -0.39 is 0 Å². The van der Waals surface area contributed by atoms with Gasteiger partial charge in [0.15, 0.2) is 0 Å². The van der Waals surface area contributed by atoms with Gasteiger partial charge in [0.2, 0.25) is 16.0 Å². The summed E-state index contributed by atoms with van der Waals surface area (Å²) in [5.41, 5.74) is 2.15. The van der Waals surface area contributed by atoms with E-state index in [9.17, 15) is 0 Å². The van der Waals surface area contributed by atoms with E-state index >= 15 is 0 Å². The summed E-state index contributed by atoms with van der Waals surface area (Å²) < 4.78 is 7.27. The van der Waals surface area contributed by atoms with Crippen LogP contribution in [0.15, 0.2) is 45.8 Å². The Morgan fingerprint density at radius 1 is 1.35 bits per heavy atom. The van der Waals surface area contributed by atoms with E-state index in [2.05, 4.69) is 26.9 Å². The molecular weight excluding hydrogens is 292 g/mol. The largest absolute Gasteiger partial charge is 0.448 e. The number of anilines is 2. The van der Waals surface area contributed by atoms with Crippen LogP contribution in [0.4, 0.5) is 11.0 Å². The molecule has 0 saturated heterocycles. The van der Waals surface area contributed by atoms with E-state index in [-0.39, 0.29) is 0 Å². The fourth-order valence-corrected chi connectivity index (χ4v) is 3.47. The second-order valence-electron chi connectivity index (χ2n) is 4.24. The fraction of sp³-hybridized carbons (Fsp3) is 0.0769. The molecule has 7 heteroatoms. The molecule has 0 aliphatic rings. The molecule has 0 saturated carbocycles. The highest BCUT2D eigenvalue weighted by Crippen LogP contribution is 2.31. The Morgan fingerprint density at radius 2 is 2.30 bits per heavy atom. The van der Waals surface area contributed by atoms with E-state index in [1.54, 1.807) is 17.6 Å². The molecule has 100 valence electrons. The summed E-state index contributed by atoms with van der Waals surface area (Å²) in [6.45, 7) is 0. The van der Waals surface area contributed by atoms with Crippen molar-refractivity contribution in [2.24, 2.45) is 0 Å². The van der Waals surface area contributed by atoms with Gasteiger partial charge in [-0.25, -0.2) is 9.50 Å². The van der Waals surface area contributed by atoms with Gasteiger partial charge in [-0.3, -0.25) is 4.90 Å². The molecule has 0 fully saturated rings. The van der Waals surface area contributed by atoms with Crippen molar-refractivity contribution in [2.75, 3.05) is 11.9 Å². The van der Waals surface area contributed by atoms with Gasteiger partial charge in [-0.05, 0) is 17.5 Å². The first kappa shape index (κ1) is 11.7. The third-order valence-electron chi connectivity index (χ3n) is 3.02.